The van der Waals surface area contributed by atoms with Gasteiger partial charge in [0.25, 0.3) is 5.91 Å². The molecule has 0 radical (unpaired) electrons. The second kappa shape index (κ2) is 10.1. The first-order valence-electron chi connectivity index (χ1n) is 10.7. The van der Waals surface area contributed by atoms with Crippen molar-refractivity contribution < 1.29 is 33.1 Å². The zero-order valence-electron chi connectivity index (χ0n) is 19.1. The maximum atomic E-state index is 13.4. The number of hydrogen-bond acceptors (Lipinski definition) is 7. The van der Waals surface area contributed by atoms with Gasteiger partial charge >= 0.3 is 12.0 Å². The summed E-state index contributed by atoms with van der Waals surface area (Å²) in [5, 5.41) is 2.70. The van der Waals surface area contributed by atoms with Crippen molar-refractivity contribution in [2.75, 3.05) is 24.4 Å². The van der Waals surface area contributed by atoms with Crippen LogP contribution in [0.3, 0.4) is 0 Å². The highest BCUT2D eigenvalue weighted by Crippen LogP contribution is 2.30. The second-order valence-corrected chi connectivity index (χ2v) is 7.70. The van der Waals surface area contributed by atoms with Crippen molar-refractivity contribution in [2.24, 2.45) is 0 Å². The molecule has 3 aromatic rings. The number of imide groups is 1. The van der Waals surface area contributed by atoms with Crippen LogP contribution in [0.2, 0.25) is 0 Å². The van der Waals surface area contributed by atoms with Gasteiger partial charge in [0.15, 0.2) is 0 Å². The minimum Gasteiger partial charge on any atom is -0.497 e. The molecule has 10 nitrogen and oxygen atoms in total. The first-order chi connectivity index (χ1) is 16.9. The minimum absolute atomic E-state index is 0.0177. The number of anilines is 2. The molecule has 1 fully saturated rings. The maximum absolute atomic E-state index is 13.4. The van der Waals surface area contributed by atoms with Gasteiger partial charge in [-0.1, -0.05) is 6.07 Å². The minimum atomic E-state index is -1.05. The fourth-order valence-electron chi connectivity index (χ4n) is 3.77. The van der Waals surface area contributed by atoms with Gasteiger partial charge in [-0.05, 0) is 48.5 Å². The van der Waals surface area contributed by atoms with Gasteiger partial charge in [-0.25, -0.2) is 14.5 Å². The van der Waals surface area contributed by atoms with Crippen molar-refractivity contribution in [1.29, 1.82) is 0 Å². The average Bonchev–Trinajstić information content (AvgIpc) is 3.46. The Morgan fingerprint density at radius 3 is 2.46 bits per heavy atom. The lowest BCUT2D eigenvalue weighted by Crippen LogP contribution is -2.37. The SMILES string of the molecule is COC(=O)c1ccc(NC(=O)CC2C(=O)N(c3cccc(OC)c3)C(=O)N2Cc2ccco2)cc1. The third kappa shape index (κ3) is 5.01. The van der Waals surface area contributed by atoms with Crippen molar-refractivity contribution in [3.05, 3.63) is 78.3 Å². The van der Waals surface area contributed by atoms with Crippen molar-refractivity contribution in [3.63, 3.8) is 0 Å². The molecule has 4 amide bonds. The van der Waals surface area contributed by atoms with Crippen LogP contribution in [0.5, 0.6) is 5.75 Å². The summed E-state index contributed by atoms with van der Waals surface area (Å²) in [4.78, 5) is 53.4. The molecule has 0 aliphatic carbocycles. The van der Waals surface area contributed by atoms with Gasteiger partial charge in [-0.2, -0.15) is 0 Å². The van der Waals surface area contributed by atoms with Crippen LogP contribution in [0.15, 0.2) is 71.3 Å². The van der Waals surface area contributed by atoms with Gasteiger partial charge in [0.05, 0.1) is 44.7 Å². The standard InChI is InChI=1S/C25H23N3O7/c1-33-19-6-3-5-18(13-19)28-23(30)21(27(25(28)32)15-20-7-4-12-35-20)14-22(29)26-17-10-8-16(9-11-17)24(31)34-2/h3-13,21H,14-15H2,1-2H3,(H,26,29). The average molecular weight is 477 g/mol. The Bertz CT molecular complexity index is 1240. The number of ether oxygens (including phenoxy) is 2. The van der Waals surface area contributed by atoms with Crippen LogP contribution in [-0.4, -0.2) is 49.0 Å². The van der Waals surface area contributed by atoms with Crippen molar-refractivity contribution in [3.8, 4) is 5.75 Å². The van der Waals surface area contributed by atoms with Crippen LogP contribution in [0.4, 0.5) is 16.2 Å². The van der Waals surface area contributed by atoms with Crippen LogP contribution < -0.4 is 15.0 Å². The number of nitrogens with one attached hydrogen (secondary N) is 1. The van der Waals surface area contributed by atoms with E-state index in [2.05, 4.69) is 10.1 Å². The number of rotatable bonds is 8. The lowest BCUT2D eigenvalue weighted by molar-refractivity contribution is -0.124. The highest BCUT2D eigenvalue weighted by atomic mass is 16.5. The molecule has 35 heavy (non-hydrogen) atoms. The summed E-state index contributed by atoms with van der Waals surface area (Å²) in [6.45, 7) is 0.0177. The van der Waals surface area contributed by atoms with Gasteiger partial charge in [-0.3, -0.25) is 9.59 Å². The zero-order chi connectivity index (χ0) is 24.9. The first-order valence-corrected chi connectivity index (χ1v) is 10.7. The Morgan fingerprint density at radius 1 is 1.03 bits per heavy atom. The zero-order valence-corrected chi connectivity index (χ0v) is 19.1. The normalized spacial score (nSPS) is 15.3. The van der Waals surface area contributed by atoms with Crippen LogP contribution >= 0.6 is 0 Å². The largest absolute Gasteiger partial charge is 0.497 e. The number of hydrogen-bond donors (Lipinski definition) is 1. The van der Waals surface area contributed by atoms with E-state index in [0.717, 1.165) is 4.90 Å². The molecule has 2 heterocycles. The first kappa shape index (κ1) is 23.6. The van der Waals surface area contributed by atoms with Gasteiger partial charge in [-0.15, -0.1) is 0 Å². The monoisotopic (exact) mass is 477 g/mol. The molecule has 1 aromatic heterocycles. The molecule has 10 heteroatoms. The van der Waals surface area contributed by atoms with Gasteiger partial charge < -0.3 is 24.1 Å². The summed E-state index contributed by atoms with van der Waals surface area (Å²) in [5.41, 5.74) is 1.10. The molecular formula is C25H23N3O7. The van der Waals surface area contributed by atoms with E-state index in [1.54, 1.807) is 48.5 Å². The Kier molecular flexibility index (Phi) is 6.81. The molecule has 1 saturated heterocycles. The summed E-state index contributed by atoms with van der Waals surface area (Å²) in [7, 11) is 2.77. The van der Waals surface area contributed by atoms with Gasteiger partial charge in [0.2, 0.25) is 5.91 Å². The Labute approximate surface area is 201 Å². The number of nitrogens with zero attached hydrogens (tertiary/aromatic N) is 2. The molecule has 1 aliphatic heterocycles. The molecule has 0 saturated carbocycles. The number of carbonyl (C=O) groups is 4. The highest BCUT2D eigenvalue weighted by molar-refractivity contribution is 6.22. The fraction of sp³-hybridized carbons (Fsp3) is 0.200. The maximum Gasteiger partial charge on any atom is 0.337 e. The molecule has 1 aliphatic rings. The molecule has 1 atom stereocenters. The van der Waals surface area contributed by atoms with E-state index in [4.69, 9.17) is 9.15 Å². The molecule has 1 N–H and O–H groups in total. The number of urea groups is 1. The van der Waals surface area contributed by atoms with Crippen molar-refractivity contribution >= 4 is 35.2 Å². The molecule has 0 spiro atoms. The lowest BCUT2D eigenvalue weighted by atomic mass is 10.1. The molecular weight excluding hydrogens is 454 g/mol. The lowest BCUT2D eigenvalue weighted by Gasteiger charge is -2.20. The third-order valence-electron chi connectivity index (χ3n) is 5.50. The second-order valence-electron chi connectivity index (χ2n) is 7.70. The molecule has 180 valence electrons. The topological polar surface area (TPSA) is 118 Å². The predicted molar refractivity (Wildman–Crippen MR) is 125 cm³/mol. The van der Waals surface area contributed by atoms with E-state index >= 15 is 0 Å². The molecule has 2 aromatic carbocycles. The smallest absolute Gasteiger partial charge is 0.337 e. The molecule has 0 bridgehead atoms. The van der Waals surface area contributed by atoms with E-state index in [1.165, 1.54) is 37.5 Å². The highest BCUT2D eigenvalue weighted by Gasteiger charge is 2.47. The Balaban J connectivity index is 1.55. The van der Waals surface area contributed by atoms with Crippen LogP contribution in [-0.2, 0) is 20.9 Å². The van der Waals surface area contributed by atoms with E-state index in [9.17, 15) is 19.2 Å². The summed E-state index contributed by atoms with van der Waals surface area (Å²) in [6, 6.07) is 14.4. The quantitative estimate of drug-likeness (QED) is 0.390. The van der Waals surface area contributed by atoms with Crippen LogP contribution in [0.25, 0.3) is 0 Å². The summed E-state index contributed by atoms with van der Waals surface area (Å²) in [6.07, 6.45) is 1.20. The Morgan fingerprint density at radius 2 is 1.80 bits per heavy atom. The molecule has 4 rings (SSSR count). The van der Waals surface area contributed by atoms with Crippen molar-refractivity contribution in [2.45, 2.75) is 19.0 Å². The number of amides is 4. The third-order valence-corrected chi connectivity index (χ3v) is 5.50. The van der Waals surface area contributed by atoms with E-state index in [1.807, 2.05) is 0 Å². The number of benzene rings is 2. The number of esters is 1. The summed E-state index contributed by atoms with van der Waals surface area (Å²) < 4.78 is 15.2. The van der Waals surface area contributed by atoms with E-state index < -0.39 is 29.9 Å². The predicted octanol–water partition coefficient (Wildman–Crippen LogP) is 3.44. The van der Waals surface area contributed by atoms with Gasteiger partial charge in [0, 0.05) is 11.8 Å². The van der Waals surface area contributed by atoms with Crippen molar-refractivity contribution in [1.82, 2.24) is 4.90 Å². The van der Waals surface area contributed by atoms with E-state index in [-0.39, 0.29) is 13.0 Å². The van der Waals surface area contributed by atoms with E-state index in [0.29, 0.717) is 28.4 Å². The summed E-state index contributed by atoms with van der Waals surface area (Å²) >= 11 is 0. The van der Waals surface area contributed by atoms with Crippen LogP contribution in [0, 0.1) is 0 Å². The fourth-order valence-corrected chi connectivity index (χ4v) is 3.77. The number of methoxy groups -OCH3 is 2. The number of carbonyl (C=O) groups excluding carboxylic acids is 4. The summed E-state index contributed by atoms with van der Waals surface area (Å²) in [5.74, 6) is -0.547. The number of furan rings is 1. The molecule has 1 unspecified atom stereocenters. The van der Waals surface area contributed by atoms with Gasteiger partial charge in [0.1, 0.15) is 17.6 Å². The van der Waals surface area contributed by atoms with Crippen LogP contribution in [0.1, 0.15) is 22.5 Å². The Hall–Kier alpha value is -4.60.